The van der Waals surface area contributed by atoms with Gasteiger partial charge in [0, 0.05) is 18.4 Å². The summed E-state index contributed by atoms with van der Waals surface area (Å²) in [5, 5.41) is 11.1. The molecule has 0 aliphatic carbocycles. The van der Waals surface area contributed by atoms with Gasteiger partial charge in [-0.15, -0.1) is 0 Å². The lowest BCUT2D eigenvalue weighted by atomic mass is 9.98. The quantitative estimate of drug-likeness (QED) is 0.571. The van der Waals surface area contributed by atoms with Gasteiger partial charge in [0.1, 0.15) is 0 Å². The largest absolute Gasteiger partial charge is 0.416 e. The Morgan fingerprint density at radius 2 is 1.69 bits per heavy atom. The van der Waals surface area contributed by atoms with Gasteiger partial charge < -0.3 is 10.0 Å². The van der Waals surface area contributed by atoms with Crippen LogP contribution in [0.5, 0.6) is 0 Å². The number of hydrogen-bond donors (Lipinski definition) is 1. The van der Waals surface area contributed by atoms with Crippen LogP contribution in [0.25, 0.3) is 0 Å². The molecule has 0 aliphatic heterocycles. The molecule has 0 saturated carbocycles. The number of anilines is 1. The molecule has 0 fully saturated rings. The average molecular weight is 442 g/mol. The maximum Gasteiger partial charge on any atom is 0.416 e. The molecule has 4 nitrogen and oxygen atoms in total. The normalized spacial score (nSPS) is 13.5. The summed E-state index contributed by atoms with van der Waals surface area (Å²) in [6.07, 6.45) is -2.59. The molecule has 168 valence electrons. The molecule has 1 heterocycles. The molecule has 3 rings (SSSR count). The monoisotopic (exact) mass is 442 g/mol. The van der Waals surface area contributed by atoms with E-state index in [2.05, 4.69) is 4.98 Å². The van der Waals surface area contributed by atoms with Gasteiger partial charge in [-0.2, -0.15) is 13.2 Å². The van der Waals surface area contributed by atoms with Gasteiger partial charge in [0.25, 0.3) is 5.91 Å². The van der Waals surface area contributed by atoms with Crippen LogP contribution in [-0.2, 0) is 23.0 Å². The topological polar surface area (TPSA) is 53.4 Å². The Morgan fingerprint density at radius 3 is 2.25 bits per heavy atom. The van der Waals surface area contributed by atoms with Crippen LogP contribution < -0.4 is 4.90 Å². The van der Waals surface area contributed by atoms with Gasteiger partial charge in [0.15, 0.2) is 5.60 Å². The molecule has 3 aromatic rings. The minimum atomic E-state index is -4.40. The van der Waals surface area contributed by atoms with E-state index >= 15 is 0 Å². The minimum Gasteiger partial charge on any atom is -0.374 e. The van der Waals surface area contributed by atoms with Crippen molar-refractivity contribution in [3.05, 3.63) is 94.8 Å². The van der Waals surface area contributed by atoms with E-state index in [0.717, 1.165) is 23.3 Å². The fraction of sp³-hybridized carbons (Fsp3) is 0.280. The second-order valence-corrected chi connectivity index (χ2v) is 7.96. The number of carbonyl (C=O) groups excluding carboxylic acids is 1. The molecule has 0 aliphatic rings. The van der Waals surface area contributed by atoms with Crippen molar-refractivity contribution in [2.75, 3.05) is 11.4 Å². The molecule has 1 atom stereocenters. The van der Waals surface area contributed by atoms with Gasteiger partial charge in [-0.05, 0) is 80.3 Å². The van der Waals surface area contributed by atoms with Gasteiger partial charge in [0.2, 0.25) is 0 Å². The van der Waals surface area contributed by atoms with Crippen molar-refractivity contribution in [3.63, 3.8) is 0 Å². The van der Waals surface area contributed by atoms with Gasteiger partial charge >= 0.3 is 6.18 Å². The lowest BCUT2D eigenvalue weighted by molar-refractivity contribution is -0.137. The van der Waals surface area contributed by atoms with Gasteiger partial charge in [0.05, 0.1) is 11.3 Å². The number of aromatic nitrogens is 1. The van der Waals surface area contributed by atoms with Crippen molar-refractivity contribution < 1.29 is 23.1 Å². The Hall–Kier alpha value is -3.19. The second kappa shape index (κ2) is 9.12. The standard InChI is InChI=1S/C25H25F3N2O2/c1-17-7-12-21(16-18(17)2)30(23(31)24(3,32)22-6-4-5-14-29-22)15-13-19-8-10-20(11-9-19)25(26,27)28/h4-12,14,16,32H,13,15H2,1-3H3/t24-/m0/s1. The summed E-state index contributed by atoms with van der Waals surface area (Å²) in [5.41, 5.74) is 0.904. The maximum atomic E-state index is 13.5. The summed E-state index contributed by atoms with van der Waals surface area (Å²) >= 11 is 0. The third kappa shape index (κ3) is 5.16. The lowest BCUT2D eigenvalue weighted by Crippen LogP contribution is -2.46. The van der Waals surface area contributed by atoms with Crippen LogP contribution in [0, 0.1) is 13.8 Å². The Morgan fingerprint density at radius 1 is 1.00 bits per heavy atom. The maximum absolute atomic E-state index is 13.5. The second-order valence-electron chi connectivity index (χ2n) is 7.96. The number of pyridine rings is 1. The number of benzene rings is 2. The Bertz CT molecular complexity index is 1080. The van der Waals surface area contributed by atoms with Gasteiger partial charge in [-0.1, -0.05) is 24.3 Å². The fourth-order valence-corrected chi connectivity index (χ4v) is 3.37. The highest BCUT2D eigenvalue weighted by Gasteiger charge is 2.38. The highest BCUT2D eigenvalue weighted by Crippen LogP contribution is 2.30. The van der Waals surface area contributed by atoms with Crippen LogP contribution in [0.1, 0.15) is 34.9 Å². The molecule has 1 amide bonds. The zero-order valence-electron chi connectivity index (χ0n) is 18.1. The number of rotatable bonds is 6. The van der Waals surface area contributed by atoms with Crippen molar-refractivity contribution in [2.45, 2.75) is 39.0 Å². The molecule has 2 aromatic carbocycles. The van der Waals surface area contributed by atoms with Gasteiger partial charge in [-0.25, -0.2) is 0 Å². The summed E-state index contributed by atoms with van der Waals surface area (Å²) in [6.45, 7) is 5.45. The first-order valence-corrected chi connectivity index (χ1v) is 10.2. The summed E-state index contributed by atoms with van der Waals surface area (Å²) < 4.78 is 38.5. The number of amides is 1. The fourth-order valence-electron chi connectivity index (χ4n) is 3.37. The smallest absolute Gasteiger partial charge is 0.374 e. The first kappa shape index (κ1) is 23.5. The number of carbonyl (C=O) groups is 1. The number of aliphatic hydroxyl groups is 1. The predicted molar refractivity (Wildman–Crippen MR) is 117 cm³/mol. The molecule has 0 unspecified atom stereocenters. The molecule has 0 radical (unpaired) electrons. The zero-order chi connectivity index (χ0) is 23.5. The van der Waals surface area contributed by atoms with E-state index in [1.165, 1.54) is 30.2 Å². The Kier molecular flexibility index (Phi) is 6.69. The third-order valence-electron chi connectivity index (χ3n) is 5.53. The van der Waals surface area contributed by atoms with Crippen LogP contribution in [0.15, 0.2) is 66.9 Å². The third-order valence-corrected chi connectivity index (χ3v) is 5.53. The SMILES string of the molecule is Cc1ccc(N(CCc2ccc(C(F)(F)F)cc2)C(=O)[C@@](C)(O)c2ccccn2)cc1C. The van der Waals surface area contributed by atoms with Crippen molar-refractivity contribution in [1.82, 2.24) is 4.98 Å². The first-order chi connectivity index (χ1) is 15.0. The summed E-state index contributed by atoms with van der Waals surface area (Å²) in [6, 6.07) is 15.4. The van der Waals surface area contributed by atoms with Crippen molar-refractivity contribution >= 4 is 11.6 Å². The van der Waals surface area contributed by atoms with E-state index in [4.69, 9.17) is 0 Å². The van der Waals surface area contributed by atoms with E-state index < -0.39 is 23.2 Å². The van der Waals surface area contributed by atoms with E-state index in [1.807, 2.05) is 26.0 Å². The highest BCUT2D eigenvalue weighted by molar-refractivity contribution is 5.99. The van der Waals surface area contributed by atoms with E-state index in [9.17, 15) is 23.1 Å². The molecule has 1 aromatic heterocycles. The molecule has 7 heteroatoms. The highest BCUT2D eigenvalue weighted by atomic mass is 19.4. The molecule has 0 saturated heterocycles. The van der Waals surface area contributed by atoms with Crippen LogP contribution in [0.3, 0.4) is 0 Å². The number of alkyl halides is 3. The first-order valence-electron chi connectivity index (χ1n) is 10.2. The van der Waals surface area contributed by atoms with Crippen molar-refractivity contribution in [2.24, 2.45) is 0 Å². The molecule has 0 spiro atoms. The van der Waals surface area contributed by atoms with Crippen LogP contribution in [0.4, 0.5) is 18.9 Å². The van der Waals surface area contributed by atoms with Crippen LogP contribution in [0.2, 0.25) is 0 Å². The number of nitrogens with zero attached hydrogens (tertiary/aromatic N) is 2. The van der Waals surface area contributed by atoms with Crippen molar-refractivity contribution in [1.29, 1.82) is 0 Å². The summed E-state index contributed by atoms with van der Waals surface area (Å²) in [7, 11) is 0. The van der Waals surface area contributed by atoms with E-state index in [1.54, 1.807) is 24.3 Å². The molecule has 0 bridgehead atoms. The van der Waals surface area contributed by atoms with Gasteiger partial charge in [-0.3, -0.25) is 9.78 Å². The summed E-state index contributed by atoms with van der Waals surface area (Å²) in [4.78, 5) is 19.0. The van der Waals surface area contributed by atoms with E-state index in [0.29, 0.717) is 17.7 Å². The molecule has 32 heavy (non-hydrogen) atoms. The number of hydrogen-bond acceptors (Lipinski definition) is 3. The Balaban J connectivity index is 1.90. The molecular formula is C25H25F3N2O2. The van der Waals surface area contributed by atoms with Crippen LogP contribution in [-0.4, -0.2) is 22.5 Å². The molecular weight excluding hydrogens is 417 g/mol. The van der Waals surface area contributed by atoms with E-state index in [-0.39, 0.29) is 12.2 Å². The summed E-state index contributed by atoms with van der Waals surface area (Å²) in [5.74, 6) is -0.564. The molecule has 1 N–H and O–H groups in total. The number of aryl methyl sites for hydroxylation is 2. The Labute approximate surface area is 185 Å². The predicted octanol–water partition coefficient (Wildman–Crippen LogP) is 5.20. The van der Waals surface area contributed by atoms with Crippen LogP contribution >= 0.6 is 0 Å². The minimum absolute atomic E-state index is 0.176. The van der Waals surface area contributed by atoms with Crippen molar-refractivity contribution in [3.8, 4) is 0 Å². The number of halogens is 3. The average Bonchev–Trinajstić information content (AvgIpc) is 2.76. The lowest BCUT2D eigenvalue weighted by Gasteiger charge is -2.31. The zero-order valence-corrected chi connectivity index (χ0v) is 18.1.